The fraction of sp³-hybridized carbons (Fsp3) is 0.0769. The third-order valence-electron chi connectivity index (χ3n) is 2.74. The van der Waals surface area contributed by atoms with Crippen molar-refractivity contribution in [1.82, 2.24) is 9.97 Å². The van der Waals surface area contributed by atoms with Crippen molar-refractivity contribution < 1.29 is 4.39 Å². The molecule has 0 spiro atoms. The maximum absolute atomic E-state index is 14.4. The molecule has 0 unspecified atom stereocenters. The standard InChI is InChI=1S/C13H9FN2S/c1-17-13-11-10(15-7-16-13)6-8-4-2-3-5-9(8)12(11)14/h2-7H,1H3. The highest BCUT2D eigenvalue weighted by molar-refractivity contribution is 7.98. The van der Waals surface area contributed by atoms with Crippen LogP contribution in [0.15, 0.2) is 41.7 Å². The summed E-state index contributed by atoms with van der Waals surface area (Å²) >= 11 is 1.43. The Bertz CT molecular complexity index is 712. The second-order valence-corrected chi connectivity index (χ2v) is 4.48. The van der Waals surface area contributed by atoms with E-state index in [1.165, 1.54) is 18.1 Å². The van der Waals surface area contributed by atoms with Gasteiger partial charge in [0.25, 0.3) is 0 Å². The van der Waals surface area contributed by atoms with Gasteiger partial charge in [0.05, 0.1) is 10.9 Å². The normalized spacial score (nSPS) is 11.2. The van der Waals surface area contributed by atoms with Crippen LogP contribution in [-0.4, -0.2) is 16.2 Å². The second kappa shape index (κ2) is 3.96. The molecule has 0 radical (unpaired) electrons. The molecule has 17 heavy (non-hydrogen) atoms. The Balaban J connectivity index is 2.55. The van der Waals surface area contributed by atoms with E-state index in [0.717, 1.165) is 5.39 Å². The Kier molecular flexibility index (Phi) is 2.44. The van der Waals surface area contributed by atoms with Gasteiger partial charge in [-0.2, -0.15) is 0 Å². The maximum atomic E-state index is 14.4. The highest BCUT2D eigenvalue weighted by Gasteiger charge is 2.12. The summed E-state index contributed by atoms with van der Waals surface area (Å²) in [5.41, 5.74) is 0.653. The molecule has 0 saturated carbocycles. The quantitative estimate of drug-likeness (QED) is 0.371. The van der Waals surface area contributed by atoms with E-state index in [2.05, 4.69) is 9.97 Å². The minimum atomic E-state index is -0.233. The van der Waals surface area contributed by atoms with E-state index in [4.69, 9.17) is 0 Å². The molecule has 0 saturated heterocycles. The minimum Gasteiger partial charge on any atom is -0.236 e. The fourth-order valence-corrected chi connectivity index (χ4v) is 2.51. The summed E-state index contributed by atoms with van der Waals surface area (Å²) in [5, 5.41) is 2.67. The van der Waals surface area contributed by atoms with Crippen LogP contribution in [0.3, 0.4) is 0 Å². The molecule has 3 aromatic rings. The summed E-state index contributed by atoms with van der Waals surface area (Å²) in [6, 6.07) is 9.29. The zero-order chi connectivity index (χ0) is 11.8. The van der Waals surface area contributed by atoms with Crippen molar-refractivity contribution in [3.8, 4) is 0 Å². The molecule has 4 heteroatoms. The average Bonchev–Trinajstić information content (AvgIpc) is 2.38. The Morgan fingerprint density at radius 3 is 2.82 bits per heavy atom. The Labute approximate surface area is 102 Å². The van der Waals surface area contributed by atoms with Gasteiger partial charge < -0.3 is 0 Å². The van der Waals surface area contributed by atoms with Gasteiger partial charge in [-0.1, -0.05) is 24.3 Å². The number of benzene rings is 2. The molecule has 0 atom stereocenters. The number of halogens is 1. The molecule has 0 bridgehead atoms. The zero-order valence-electron chi connectivity index (χ0n) is 9.14. The van der Waals surface area contributed by atoms with Gasteiger partial charge in [-0.15, -0.1) is 11.8 Å². The molecule has 0 aliphatic heterocycles. The molecule has 84 valence electrons. The van der Waals surface area contributed by atoms with Crippen molar-refractivity contribution in [3.63, 3.8) is 0 Å². The zero-order valence-corrected chi connectivity index (χ0v) is 9.96. The first-order valence-corrected chi connectivity index (χ1v) is 6.39. The molecular weight excluding hydrogens is 235 g/mol. The summed E-state index contributed by atoms with van der Waals surface area (Å²) in [5.74, 6) is -0.233. The monoisotopic (exact) mass is 244 g/mol. The van der Waals surface area contributed by atoms with E-state index >= 15 is 0 Å². The van der Waals surface area contributed by atoms with Gasteiger partial charge in [0.2, 0.25) is 0 Å². The van der Waals surface area contributed by atoms with Gasteiger partial charge in [0.15, 0.2) is 0 Å². The lowest BCUT2D eigenvalue weighted by Crippen LogP contribution is -1.91. The molecule has 2 aromatic carbocycles. The molecule has 0 aliphatic carbocycles. The van der Waals surface area contributed by atoms with E-state index < -0.39 is 0 Å². The van der Waals surface area contributed by atoms with Crippen molar-refractivity contribution in [2.45, 2.75) is 5.03 Å². The predicted octanol–water partition coefficient (Wildman–Crippen LogP) is 3.64. The third-order valence-corrected chi connectivity index (χ3v) is 3.44. The molecule has 0 amide bonds. The average molecular weight is 244 g/mol. The molecule has 1 heterocycles. The van der Waals surface area contributed by atoms with Crippen LogP contribution in [0.5, 0.6) is 0 Å². The molecule has 0 aliphatic rings. The third kappa shape index (κ3) is 1.56. The minimum absolute atomic E-state index is 0.233. The SMILES string of the molecule is CSc1ncnc2cc3ccccc3c(F)c12. The summed E-state index contributed by atoms with van der Waals surface area (Å²) in [7, 11) is 0. The molecule has 0 N–H and O–H groups in total. The van der Waals surface area contributed by atoms with Crippen LogP contribution in [-0.2, 0) is 0 Å². The highest BCUT2D eigenvalue weighted by Crippen LogP contribution is 2.30. The Hall–Kier alpha value is -1.68. The predicted molar refractivity (Wildman–Crippen MR) is 68.8 cm³/mol. The van der Waals surface area contributed by atoms with Crippen LogP contribution in [0.1, 0.15) is 0 Å². The fourth-order valence-electron chi connectivity index (χ4n) is 1.96. The van der Waals surface area contributed by atoms with Gasteiger partial charge in [-0.3, -0.25) is 0 Å². The molecule has 0 fully saturated rings. The van der Waals surface area contributed by atoms with E-state index in [9.17, 15) is 4.39 Å². The number of aromatic nitrogens is 2. The smallest absolute Gasteiger partial charge is 0.143 e. The number of rotatable bonds is 1. The second-order valence-electron chi connectivity index (χ2n) is 3.69. The molecule has 1 aromatic heterocycles. The van der Waals surface area contributed by atoms with Crippen molar-refractivity contribution in [3.05, 3.63) is 42.5 Å². The largest absolute Gasteiger partial charge is 0.236 e. The van der Waals surface area contributed by atoms with E-state index in [1.807, 2.05) is 30.5 Å². The van der Waals surface area contributed by atoms with Crippen molar-refractivity contribution >= 4 is 33.4 Å². The van der Waals surface area contributed by atoms with Crippen LogP contribution < -0.4 is 0 Å². The van der Waals surface area contributed by atoms with Crippen LogP contribution in [0.4, 0.5) is 4.39 Å². The van der Waals surface area contributed by atoms with E-state index in [1.54, 1.807) is 6.07 Å². The van der Waals surface area contributed by atoms with Crippen LogP contribution in [0.25, 0.3) is 21.7 Å². The summed E-state index contributed by atoms with van der Waals surface area (Å²) in [6.45, 7) is 0. The number of hydrogen-bond acceptors (Lipinski definition) is 3. The molecular formula is C13H9FN2S. The molecule has 2 nitrogen and oxygen atoms in total. The lowest BCUT2D eigenvalue weighted by atomic mass is 10.1. The number of nitrogens with zero attached hydrogens (tertiary/aromatic N) is 2. The van der Waals surface area contributed by atoms with Crippen molar-refractivity contribution in [2.24, 2.45) is 0 Å². The van der Waals surface area contributed by atoms with Gasteiger partial charge in [0.1, 0.15) is 17.2 Å². The lowest BCUT2D eigenvalue weighted by Gasteiger charge is -2.06. The number of hydrogen-bond donors (Lipinski definition) is 0. The first kappa shape index (κ1) is 10.5. The maximum Gasteiger partial charge on any atom is 0.143 e. The lowest BCUT2D eigenvalue weighted by molar-refractivity contribution is 0.648. The van der Waals surface area contributed by atoms with Crippen LogP contribution in [0, 0.1) is 5.82 Å². The Morgan fingerprint density at radius 2 is 2.00 bits per heavy atom. The van der Waals surface area contributed by atoms with E-state index in [-0.39, 0.29) is 5.82 Å². The van der Waals surface area contributed by atoms with Crippen molar-refractivity contribution in [2.75, 3.05) is 6.26 Å². The Morgan fingerprint density at radius 1 is 1.18 bits per heavy atom. The van der Waals surface area contributed by atoms with Crippen LogP contribution in [0.2, 0.25) is 0 Å². The van der Waals surface area contributed by atoms with Gasteiger partial charge in [-0.05, 0) is 17.7 Å². The first-order chi connectivity index (χ1) is 8.31. The van der Waals surface area contributed by atoms with Gasteiger partial charge in [-0.25, -0.2) is 14.4 Å². The van der Waals surface area contributed by atoms with Gasteiger partial charge >= 0.3 is 0 Å². The van der Waals surface area contributed by atoms with Crippen LogP contribution >= 0.6 is 11.8 Å². The van der Waals surface area contributed by atoms with Crippen molar-refractivity contribution in [1.29, 1.82) is 0 Å². The highest BCUT2D eigenvalue weighted by atomic mass is 32.2. The van der Waals surface area contributed by atoms with Gasteiger partial charge in [0, 0.05) is 5.39 Å². The molecule has 3 rings (SSSR count). The number of fused-ring (bicyclic) bond motifs is 2. The topological polar surface area (TPSA) is 25.8 Å². The van der Waals surface area contributed by atoms with E-state index in [0.29, 0.717) is 21.3 Å². The summed E-state index contributed by atoms with van der Waals surface area (Å²) in [6.07, 6.45) is 3.36. The number of thioether (sulfide) groups is 1. The summed E-state index contributed by atoms with van der Waals surface area (Å²) in [4.78, 5) is 8.24. The summed E-state index contributed by atoms with van der Waals surface area (Å²) < 4.78 is 14.4. The first-order valence-electron chi connectivity index (χ1n) is 5.17.